The molecule has 0 unspecified atom stereocenters. The van der Waals surface area contributed by atoms with E-state index in [-0.39, 0.29) is 42.6 Å². The van der Waals surface area contributed by atoms with Crippen molar-refractivity contribution < 1.29 is 17.6 Å². The van der Waals surface area contributed by atoms with Crippen molar-refractivity contribution in [2.75, 3.05) is 25.1 Å². The standard InChI is InChI=1S/C19H26ClFN2O3S/c1-22(11-16-17(20)7-4-8-18(16)21)12-19(24)23(14-5-2-3-6-14)15-9-10-27(25,26)13-15/h4,7-8,14-15H,2-3,5-6,9-13H2,1H3/t15-/m1/s1. The summed E-state index contributed by atoms with van der Waals surface area (Å²) in [5, 5.41) is 0.337. The van der Waals surface area contributed by atoms with E-state index in [1.54, 1.807) is 24.1 Å². The Kier molecular flexibility index (Phi) is 6.43. The van der Waals surface area contributed by atoms with Gasteiger partial charge in [0, 0.05) is 29.2 Å². The molecule has 5 nitrogen and oxygen atoms in total. The molecule has 8 heteroatoms. The van der Waals surface area contributed by atoms with Gasteiger partial charge in [0.25, 0.3) is 0 Å². The normalized spacial score (nSPS) is 22.4. The van der Waals surface area contributed by atoms with Crippen molar-refractivity contribution in [2.45, 2.75) is 50.7 Å². The molecule has 1 aliphatic heterocycles. The summed E-state index contributed by atoms with van der Waals surface area (Å²) < 4.78 is 37.8. The van der Waals surface area contributed by atoms with E-state index < -0.39 is 15.7 Å². The Morgan fingerprint density at radius 2 is 1.93 bits per heavy atom. The number of nitrogens with zero attached hydrogens (tertiary/aromatic N) is 2. The second kappa shape index (κ2) is 8.45. The predicted molar refractivity (Wildman–Crippen MR) is 104 cm³/mol. The minimum absolute atomic E-state index is 0.0537. The van der Waals surface area contributed by atoms with Gasteiger partial charge in [-0.05, 0) is 38.4 Å². The average Bonchev–Trinajstić information content (AvgIpc) is 3.21. The number of benzene rings is 1. The predicted octanol–water partition coefficient (Wildman–Crippen LogP) is 2.87. The fourth-order valence-electron chi connectivity index (χ4n) is 4.20. The Labute approximate surface area is 165 Å². The molecule has 1 aromatic rings. The van der Waals surface area contributed by atoms with Gasteiger partial charge in [0.05, 0.1) is 18.1 Å². The quantitative estimate of drug-likeness (QED) is 0.715. The number of hydrogen-bond acceptors (Lipinski definition) is 4. The molecule has 3 rings (SSSR count). The molecule has 1 aromatic carbocycles. The molecule has 0 bridgehead atoms. The van der Waals surface area contributed by atoms with Crippen molar-refractivity contribution in [1.82, 2.24) is 9.80 Å². The van der Waals surface area contributed by atoms with Crippen molar-refractivity contribution in [3.8, 4) is 0 Å². The number of carbonyl (C=O) groups excluding carboxylic acids is 1. The maximum Gasteiger partial charge on any atom is 0.237 e. The van der Waals surface area contributed by atoms with Crippen LogP contribution in [0.5, 0.6) is 0 Å². The second-order valence-corrected chi connectivity index (χ2v) is 10.3. The van der Waals surface area contributed by atoms with Gasteiger partial charge in [0.2, 0.25) is 5.91 Å². The highest BCUT2D eigenvalue weighted by Crippen LogP contribution is 2.29. The molecule has 1 amide bonds. The first-order valence-corrected chi connectivity index (χ1v) is 11.6. The second-order valence-electron chi connectivity index (χ2n) is 7.67. The molecule has 0 radical (unpaired) electrons. The van der Waals surface area contributed by atoms with E-state index in [1.165, 1.54) is 6.07 Å². The SMILES string of the molecule is CN(CC(=O)N(C1CCCC1)[C@@H]1CCS(=O)(=O)C1)Cc1c(F)cccc1Cl. The lowest BCUT2D eigenvalue weighted by Crippen LogP contribution is -2.50. The largest absolute Gasteiger partial charge is 0.335 e. The third kappa shape index (κ3) is 5.00. The number of rotatable bonds is 6. The van der Waals surface area contributed by atoms with E-state index in [0.717, 1.165) is 25.7 Å². The van der Waals surface area contributed by atoms with Crippen LogP contribution in [0, 0.1) is 5.82 Å². The molecule has 150 valence electrons. The van der Waals surface area contributed by atoms with E-state index in [9.17, 15) is 17.6 Å². The van der Waals surface area contributed by atoms with Gasteiger partial charge in [-0.2, -0.15) is 0 Å². The summed E-state index contributed by atoms with van der Waals surface area (Å²) in [5.74, 6) is -0.275. The highest BCUT2D eigenvalue weighted by molar-refractivity contribution is 7.91. The molecule has 1 aliphatic carbocycles. The molecule has 2 fully saturated rings. The van der Waals surface area contributed by atoms with E-state index in [0.29, 0.717) is 17.0 Å². The minimum Gasteiger partial charge on any atom is -0.335 e. The Balaban J connectivity index is 1.70. The molecular weight excluding hydrogens is 391 g/mol. The number of amides is 1. The Morgan fingerprint density at radius 3 is 2.52 bits per heavy atom. The van der Waals surface area contributed by atoms with Crippen LogP contribution in [-0.4, -0.2) is 61.3 Å². The van der Waals surface area contributed by atoms with Crippen LogP contribution in [0.4, 0.5) is 4.39 Å². The molecule has 2 aliphatic rings. The summed E-state index contributed by atoms with van der Waals surface area (Å²) in [5.41, 5.74) is 0.366. The summed E-state index contributed by atoms with van der Waals surface area (Å²) in [4.78, 5) is 16.6. The van der Waals surface area contributed by atoms with Gasteiger partial charge in [0.1, 0.15) is 5.82 Å². The van der Waals surface area contributed by atoms with Crippen molar-refractivity contribution in [3.05, 3.63) is 34.6 Å². The molecule has 1 saturated heterocycles. The molecular formula is C19H26ClFN2O3S. The first-order valence-electron chi connectivity index (χ1n) is 9.40. The first-order chi connectivity index (χ1) is 12.8. The Morgan fingerprint density at radius 1 is 1.22 bits per heavy atom. The van der Waals surface area contributed by atoms with Gasteiger partial charge < -0.3 is 4.90 Å². The molecule has 0 N–H and O–H groups in total. The first kappa shape index (κ1) is 20.6. The highest BCUT2D eigenvalue weighted by atomic mass is 35.5. The lowest BCUT2D eigenvalue weighted by molar-refractivity contribution is -0.136. The monoisotopic (exact) mass is 416 g/mol. The lowest BCUT2D eigenvalue weighted by Gasteiger charge is -2.35. The van der Waals surface area contributed by atoms with Crippen LogP contribution in [0.1, 0.15) is 37.7 Å². The fourth-order valence-corrected chi connectivity index (χ4v) is 6.14. The Bertz CT molecular complexity index is 776. The molecule has 0 aromatic heterocycles. The zero-order valence-electron chi connectivity index (χ0n) is 15.5. The van der Waals surface area contributed by atoms with Crippen LogP contribution < -0.4 is 0 Å². The maximum absolute atomic E-state index is 14.0. The summed E-state index contributed by atoms with van der Waals surface area (Å²) in [6.07, 6.45) is 4.48. The average molecular weight is 417 g/mol. The number of carbonyl (C=O) groups is 1. The highest BCUT2D eigenvalue weighted by Gasteiger charge is 2.39. The number of sulfone groups is 1. The number of hydrogen-bond donors (Lipinski definition) is 0. The number of halogens is 2. The number of likely N-dealkylation sites (N-methyl/N-ethyl adjacent to an activating group) is 1. The Hall–Kier alpha value is -1.18. The summed E-state index contributed by atoms with van der Waals surface area (Å²) in [6.45, 7) is 0.330. The van der Waals surface area contributed by atoms with Gasteiger partial charge in [-0.25, -0.2) is 12.8 Å². The van der Waals surface area contributed by atoms with Crippen LogP contribution in [0.2, 0.25) is 5.02 Å². The molecule has 1 atom stereocenters. The zero-order valence-corrected chi connectivity index (χ0v) is 17.1. The van der Waals surface area contributed by atoms with Crippen molar-refractivity contribution >= 4 is 27.3 Å². The van der Waals surface area contributed by atoms with Crippen LogP contribution in [0.25, 0.3) is 0 Å². The van der Waals surface area contributed by atoms with Gasteiger partial charge in [-0.15, -0.1) is 0 Å². The smallest absolute Gasteiger partial charge is 0.237 e. The van der Waals surface area contributed by atoms with E-state index >= 15 is 0 Å². The van der Waals surface area contributed by atoms with Crippen molar-refractivity contribution in [1.29, 1.82) is 0 Å². The van der Waals surface area contributed by atoms with Gasteiger partial charge in [0.15, 0.2) is 9.84 Å². The van der Waals surface area contributed by atoms with Crippen molar-refractivity contribution in [3.63, 3.8) is 0 Å². The van der Waals surface area contributed by atoms with E-state index in [1.807, 2.05) is 4.90 Å². The van der Waals surface area contributed by atoms with Gasteiger partial charge >= 0.3 is 0 Å². The topological polar surface area (TPSA) is 57.7 Å². The van der Waals surface area contributed by atoms with Crippen LogP contribution in [0.3, 0.4) is 0 Å². The van der Waals surface area contributed by atoms with Crippen LogP contribution >= 0.6 is 11.6 Å². The lowest BCUT2D eigenvalue weighted by atomic mass is 10.1. The van der Waals surface area contributed by atoms with E-state index in [2.05, 4.69) is 0 Å². The van der Waals surface area contributed by atoms with Crippen molar-refractivity contribution in [2.24, 2.45) is 0 Å². The van der Waals surface area contributed by atoms with Crippen LogP contribution in [0.15, 0.2) is 18.2 Å². The summed E-state index contributed by atoms with van der Waals surface area (Å²) in [6, 6.07) is 4.40. The maximum atomic E-state index is 14.0. The molecule has 1 heterocycles. The molecule has 0 spiro atoms. The fraction of sp³-hybridized carbons (Fsp3) is 0.632. The summed E-state index contributed by atoms with van der Waals surface area (Å²) in [7, 11) is -1.32. The minimum atomic E-state index is -3.07. The molecule has 1 saturated carbocycles. The van der Waals surface area contributed by atoms with Gasteiger partial charge in [-0.3, -0.25) is 9.69 Å². The third-order valence-electron chi connectivity index (χ3n) is 5.50. The zero-order chi connectivity index (χ0) is 19.6. The third-order valence-corrected chi connectivity index (χ3v) is 7.61. The van der Waals surface area contributed by atoms with Gasteiger partial charge in [-0.1, -0.05) is 30.5 Å². The van der Waals surface area contributed by atoms with E-state index in [4.69, 9.17) is 11.6 Å². The van der Waals surface area contributed by atoms with Crippen LogP contribution in [-0.2, 0) is 21.2 Å². The molecule has 27 heavy (non-hydrogen) atoms. The summed E-state index contributed by atoms with van der Waals surface area (Å²) >= 11 is 6.08.